The van der Waals surface area contributed by atoms with Gasteiger partial charge in [-0.2, -0.15) is 17.6 Å². The molecule has 0 amide bonds. The summed E-state index contributed by atoms with van der Waals surface area (Å²) in [6, 6.07) is 6.48. The summed E-state index contributed by atoms with van der Waals surface area (Å²) in [5.41, 5.74) is -0.822. The van der Waals surface area contributed by atoms with Gasteiger partial charge in [0.25, 0.3) is 0 Å². The molecule has 0 spiro atoms. The van der Waals surface area contributed by atoms with Crippen LogP contribution in [0.2, 0.25) is 0 Å². The highest BCUT2D eigenvalue weighted by molar-refractivity contribution is 5.87. The minimum atomic E-state index is -4.45. The zero-order valence-electron chi connectivity index (χ0n) is 10.7. The smallest absolute Gasteiger partial charge is 0.416 e. The van der Waals surface area contributed by atoms with Crippen LogP contribution >= 0.6 is 0 Å². The maximum absolute atomic E-state index is 13.8. The lowest BCUT2D eigenvalue weighted by atomic mass is 10.0. The summed E-state index contributed by atoms with van der Waals surface area (Å²) in [6.45, 7) is 0. The number of methoxy groups -OCH3 is 1. The van der Waals surface area contributed by atoms with Crippen LogP contribution in [-0.4, -0.2) is 18.1 Å². The minimum absolute atomic E-state index is 0.00335. The molecule has 0 aliphatic carbocycles. The molecule has 1 aromatic heterocycles. The molecule has 0 aliphatic rings. The fraction of sp³-hybridized carbons (Fsp3) is 0.143. The normalized spacial score (nSPS) is 11.3. The number of nitrogens with zero attached hydrogens (tertiary/aromatic N) is 1. The number of carbonyl (C=O) groups excluding carboxylic acids is 1. The Bertz CT molecular complexity index is 666. The van der Waals surface area contributed by atoms with E-state index in [-0.39, 0.29) is 16.8 Å². The molecule has 3 nitrogen and oxygen atoms in total. The first kappa shape index (κ1) is 15.0. The molecule has 0 saturated carbocycles. The van der Waals surface area contributed by atoms with Crippen molar-refractivity contribution in [3.05, 3.63) is 53.6 Å². The number of halogens is 4. The number of benzene rings is 1. The molecular formula is C14H9F4NO2. The molecule has 0 radical (unpaired) electrons. The van der Waals surface area contributed by atoms with Crippen molar-refractivity contribution < 1.29 is 27.1 Å². The van der Waals surface area contributed by atoms with Gasteiger partial charge in [0.15, 0.2) is 5.69 Å². The van der Waals surface area contributed by atoms with Gasteiger partial charge >= 0.3 is 12.1 Å². The van der Waals surface area contributed by atoms with Crippen LogP contribution < -0.4 is 0 Å². The molecule has 1 aromatic carbocycles. The van der Waals surface area contributed by atoms with Gasteiger partial charge in [0.1, 0.15) is 0 Å². The molecule has 2 rings (SSSR count). The summed E-state index contributed by atoms with van der Waals surface area (Å²) in [5, 5.41) is 0. The summed E-state index contributed by atoms with van der Waals surface area (Å²) < 4.78 is 55.6. The Labute approximate surface area is 117 Å². The van der Waals surface area contributed by atoms with Crippen molar-refractivity contribution in [2.45, 2.75) is 6.18 Å². The topological polar surface area (TPSA) is 39.2 Å². The number of carbonyl (C=O) groups is 1. The molecule has 110 valence electrons. The van der Waals surface area contributed by atoms with Crippen LogP contribution in [0.3, 0.4) is 0 Å². The first-order chi connectivity index (χ1) is 9.82. The second-order valence-electron chi connectivity index (χ2n) is 4.10. The molecule has 0 aliphatic heterocycles. The third-order valence-electron chi connectivity index (χ3n) is 2.77. The average Bonchev–Trinajstić information content (AvgIpc) is 2.45. The van der Waals surface area contributed by atoms with E-state index in [0.29, 0.717) is 0 Å². The third kappa shape index (κ3) is 3.18. The number of esters is 1. The number of aromatic nitrogens is 1. The van der Waals surface area contributed by atoms with Gasteiger partial charge in [-0.1, -0.05) is 12.1 Å². The average molecular weight is 299 g/mol. The lowest BCUT2D eigenvalue weighted by Gasteiger charge is -2.08. The van der Waals surface area contributed by atoms with Crippen molar-refractivity contribution in [3.63, 3.8) is 0 Å². The second kappa shape index (κ2) is 5.51. The zero-order chi connectivity index (χ0) is 15.6. The predicted octanol–water partition coefficient (Wildman–Crippen LogP) is 3.69. The van der Waals surface area contributed by atoms with Crippen molar-refractivity contribution in [2.75, 3.05) is 7.11 Å². The van der Waals surface area contributed by atoms with Gasteiger partial charge in [-0.05, 0) is 29.8 Å². The van der Waals surface area contributed by atoms with Crippen molar-refractivity contribution in [3.8, 4) is 11.1 Å². The molecule has 0 unspecified atom stereocenters. The van der Waals surface area contributed by atoms with E-state index in [4.69, 9.17) is 0 Å². The van der Waals surface area contributed by atoms with Crippen LogP contribution in [0.5, 0.6) is 0 Å². The first-order valence-corrected chi connectivity index (χ1v) is 5.75. The van der Waals surface area contributed by atoms with Gasteiger partial charge in [-0.15, -0.1) is 0 Å². The van der Waals surface area contributed by atoms with Gasteiger partial charge in [-0.25, -0.2) is 9.78 Å². The standard InChI is InChI=1S/C14H9F4NO2/c1-21-13(20)11-7-6-10(12(15)19-11)8-2-4-9(5-3-8)14(16,17)18/h2-7H,1H3. The van der Waals surface area contributed by atoms with Gasteiger partial charge in [-0.3, -0.25) is 0 Å². The molecule has 0 N–H and O–H groups in total. The van der Waals surface area contributed by atoms with Crippen LogP contribution in [0, 0.1) is 5.95 Å². The number of hydrogen-bond donors (Lipinski definition) is 0. The summed E-state index contributed by atoms with van der Waals surface area (Å²) in [4.78, 5) is 14.6. The molecule has 0 fully saturated rings. The Morgan fingerprint density at radius 2 is 1.71 bits per heavy atom. The van der Waals surface area contributed by atoms with E-state index in [0.717, 1.165) is 31.4 Å². The molecule has 2 aromatic rings. The number of rotatable bonds is 2. The van der Waals surface area contributed by atoms with Crippen LogP contribution in [0.1, 0.15) is 16.1 Å². The van der Waals surface area contributed by atoms with Gasteiger partial charge in [0.05, 0.1) is 12.7 Å². The monoisotopic (exact) mass is 299 g/mol. The highest BCUT2D eigenvalue weighted by Gasteiger charge is 2.30. The fourth-order valence-electron chi connectivity index (χ4n) is 1.71. The van der Waals surface area contributed by atoms with E-state index in [9.17, 15) is 22.4 Å². The molecular weight excluding hydrogens is 290 g/mol. The van der Waals surface area contributed by atoms with Crippen molar-refractivity contribution in [1.29, 1.82) is 0 Å². The number of ether oxygens (including phenoxy) is 1. The Hall–Kier alpha value is -2.44. The van der Waals surface area contributed by atoms with Crippen LogP contribution in [-0.2, 0) is 10.9 Å². The molecule has 1 heterocycles. The van der Waals surface area contributed by atoms with Crippen LogP contribution in [0.25, 0.3) is 11.1 Å². The van der Waals surface area contributed by atoms with Crippen LogP contribution in [0.4, 0.5) is 17.6 Å². The second-order valence-corrected chi connectivity index (χ2v) is 4.10. The molecule has 21 heavy (non-hydrogen) atoms. The zero-order valence-corrected chi connectivity index (χ0v) is 10.7. The van der Waals surface area contributed by atoms with Crippen molar-refractivity contribution in [1.82, 2.24) is 4.98 Å². The summed E-state index contributed by atoms with van der Waals surface area (Å²) in [5.74, 6) is -1.76. The van der Waals surface area contributed by atoms with E-state index in [1.54, 1.807) is 0 Å². The molecule has 7 heteroatoms. The van der Waals surface area contributed by atoms with Gasteiger partial charge < -0.3 is 4.74 Å². The SMILES string of the molecule is COC(=O)c1ccc(-c2ccc(C(F)(F)F)cc2)c(F)n1. The van der Waals surface area contributed by atoms with Crippen molar-refractivity contribution in [2.24, 2.45) is 0 Å². The quantitative estimate of drug-likeness (QED) is 0.482. The summed E-state index contributed by atoms with van der Waals surface area (Å²) in [6.07, 6.45) is -4.45. The highest BCUT2D eigenvalue weighted by atomic mass is 19.4. The number of alkyl halides is 3. The molecule has 0 atom stereocenters. The lowest BCUT2D eigenvalue weighted by Crippen LogP contribution is -2.06. The Morgan fingerprint density at radius 1 is 1.10 bits per heavy atom. The summed E-state index contributed by atoms with van der Waals surface area (Å²) in [7, 11) is 1.13. The predicted molar refractivity (Wildman–Crippen MR) is 66.0 cm³/mol. The lowest BCUT2D eigenvalue weighted by molar-refractivity contribution is -0.137. The fourth-order valence-corrected chi connectivity index (χ4v) is 1.71. The maximum atomic E-state index is 13.8. The van der Waals surface area contributed by atoms with Crippen LogP contribution in [0.15, 0.2) is 36.4 Å². The Balaban J connectivity index is 2.36. The van der Waals surface area contributed by atoms with E-state index in [1.807, 2.05) is 0 Å². The molecule has 0 saturated heterocycles. The first-order valence-electron chi connectivity index (χ1n) is 5.75. The van der Waals surface area contributed by atoms with E-state index in [1.165, 1.54) is 12.1 Å². The minimum Gasteiger partial charge on any atom is -0.464 e. The third-order valence-corrected chi connectivity index (χ3v) is 2.77. The molecule has 0 bridgehead atoms. The largest absolute Gasteiger partial charge is 0.464 e. The van der Waals surface area contributed by atoms with Gasteiger partial charge in [0, 0.05) is 5.56 Å². The van der Waals surface area contributed by atoms with Crippen molar-refractivity contribution >= 4 is 5.97 Å². The van der Waals surface area contributed by atoms with Gasteiger partial charge in [0.2, 0.25) is 5.95 Å². The Kier molecular flexibility index (Phi) is 3.93. The highest BCUT2D eigenvalue weighted by Crippen LogP contribution is 2.31. The summed E-state index contributed by atoms with van der Waals surface area (Å²) >= 11 is 0. The number of pyridine rings is 1. The maximum Gasteiger partial charge on any atom is 0.416 e. The Morgan fingerprint density at radius 3 is 2.19 bits per heavy atom. The number of hydrogen-bond acceptors (Lipinski definition) is 3. The van der Waals surface area contributed by atoms with E-state index in [2.05, 4.69) is 9.72 Å². The van der Waals surface area contributed by atoms with E-state index < -0.39 is 23.7 Å². The van der Waals surface area contributed by atoms with E-state index >= 15 is 0 Å².